The quantitative estimate of drug-likeness (QED) is 0.175. The molecule has 0 heterocycles. The number of hydrogen-bond donors (Lipinski definition) is 0. The number of hydrogen-bond acceptors (Lipinski definition) is 2. The highest BCUT2D eigenvalue weighted by Crippen LogP contribution is 2.08. The fourth-order valence-electron chi connectivity index (χ4n) is 2.95. The van der Waals surface area contributed by atoms with Gasteiger partial charge in [0.15, 0.2) is 0 Å². The SMILES string of the molecule is CCCCC/C=C\C/C=C\C/C=C\CCCCCCC(=O)CCCN(C)C. The summed E-state index contributed by atoms with van der Waals surface area (Å²) in [6, 6.07) is 0. The molecule has 0 saturated heterocycles. The van der Waals surface area contributed by atoms with Crippen molar-refractivity contribution in [3.05, 3.63) is 36.5 Å². The Morgan fingerprint density at radius 1 is 0.667 bits per heavy atom. The minimum Gasteiger partial charge on any atom is -0.309 e. The van der Waals surface area contributed by atoms with Crippen molar-refractivity contribution in [2.45, 2.75) is 96.8 Å². The average Bonchev–Trinajstić information content (AvgIpc) is 2.64. The van der Waals surface area contributed by atoms with E-state index in [1.54, 1.807) is 0 Å². The third-order valence-electron chi connectivity index (χ3n) is 4.66. The molecule has 0 aromatic heterocycles. The first-order valence-corrected chi connectivity index (χ1v) is 11.3. The van der Waals surface area contributed by atoms with Crippen molar-refractivity contribution in [3.63, 3.8) is 0 Å². The highest BCUT2D eigenvalue weighted by atomic mass is 16.1. The predicted molar refractivity (Wildman–Crippen MR) is 121 cm³/mol. The van der Waals surface area contributed by atoms with Crippen molar-refractivity contribution in [1.82, 2.24) is 4.90 Å². The van der Waals surface area contributed by atoms with Crippen LogP contribution in [-0.2, 0) is 4.79 Å². The largest absolute Gasteiger partial charge is 0.309 e. The van der Waals surface area contributed by atoms with Crippen LogP contribution in [-0.4, -0.2) is 31.3 Å². The van der Waals surface area contributed by atoms with E-state index in [9.17, 15) is 4.79 Å². The monoisotopic (exact) mass is 375 g/mol. The number of nitrogens with zero attached hydrogens (tertiary/aromatic N) is 1. The summed E-state index contributed by atoms with van der Waals surface area (Å²) in [4.78, 5) is 13.9. The lowest BCUT2D eigenvalue weighted by Gasteiger charge is -2.08. The summed E-state index contributed by atoms with van der Waals surface area (Å²) in [5, 5.41) is 0. The first-order chi connectivity index (χ1) is 13.2. The number of ketones is 1. The van der Waals surface area contributed by atoms with E-state index in [0.29, 0.717) is 5.78 Å². The molecule has 0 unspecified atom stereocenters. The maximum Gasteiger partial charge on any atom is 0.132 e. The van der Waals surface area contributed by atoms with Gasteiger partial charge in [-0.25, -0.2) is 0 Å². The number of rotatable bonds is 19. The Kier molecular flexibility index (Phi) is 20.3. The van der Waals surface area contributed by atoms with Crippen molar-refractivity contribution >= 4 is 5.78 Å². The third kappa shape index (κ3) is 22.8. The highest BCUT2D eigenvalue weighted by molar-refractivity contribution is 5.78. The van der Waals surface area contributed by atoms with Crippen molar-refractivity contribution in [3.8, 4) is 0 Å². The van der Waals surface area contributed by atoms with Crippen LogP contribution in [0.1, 0.15) is 96.8 Å². The van der Waals surface area contributed by atoms with E-state index >= 15 is 0 Å². The number of allylic oxidation sites excluding steroid dienone is 6. The van der Waals surface area contributed by atoms with E-state index in [-0.39, 0.29) is 0 Å². The second-order valence-electron chi connectivity index (χ2n) is 7.78. The number of Topliss-reactive ketones (excluding diaryl/α,β-unsaturated/α-hetero) is 1. The minimum absolute atomic E-state index is 0.444. The Morgan fingerprint density at radius 3 is 1.78 bits per heavy atom. The smallest absolute Gasteiger partial charge is 0.132 e. The fourth-order valence-corrected chi connectivity index (χ4v) is 2.95. The number of carbonyl (C=O) groups is 1. The van der Waals surface area contributed by atoms with E-state index in [0.717, 1.165) is 45.1 Å². The molecule has 0 N–H and O–H groups in total. The molecular weight excluding hydrogens is 330 g/mol. The van der Waals surface area contributed by atoms with Gasteiger partial charge in [0.25, 0.3) is 0 Å². The van der Waals surface area contributed by atoms with Gasteiger partial charge in [-0.2, -0.15) is 0 Å². The standard InChI is InChI=1S/C25H45NO/c1-4-5-6-7-8-9-10-11-12-13-14-15-16-17-18-19-20-22-25(27)23-21-24-26(2)3/h8-9,11-12,14-15H,4-7,10,13,16-24H2,1-3H3/b9-8-,12-11-,15-14-. The molecule has 2 nitrogen and oxygen atoms in total. The Bertz CT molecular complexity index is 407. The summed E-state index contributed by atoms with van der Waals surface area (Å²) < 4.78 is 0. The summed E-state index contributed by atoms with van der Waals surface area (Å²) in [5.41, 5.74) is 0. The molecule has 0 amide bonds. The van der Waals surface area contributed by atoms with Crippen LogP contribution >= 0.6 is 0 Å². The normalized spacial score (nSPS) is 12.3. The van der Waals surface area contributed by atoms with Crippen LogP contribution in [0, 0.1) is 0 Å². The van der Waals surface area contributed by atoms with Gasteiger partial charge in [-0.05, 0) is 72.0 Å². The van der Waals surface area contributed by atoms with E-state index in [1.807, 2.05) is 0 Å². The van der Waals surface area contributed by atoms with E-state index in [2.05, 4.69) is 62.4 Å². The van der Waals surface area contributed by atoms with E-state index in [4.69, 9.17) is 0 Å². The molecule has 0 rings (SSSR count). The van der Waals surface area contributed by atoms with Crippen LogP contribution in [0.4, 0.5) is 0 Å². The van der Waals surface area contributed by atoms with Crippen LogP contribution in [0.15, 0.2) is 36.5 Å². The van der Waals surface area contributed by atoms with Crippen molar-refractivity contribution in [2.24, 2.45) is 0 Å². The van der Waals surface area contributed by atoms with Crippen molar-refractivity contribution in [2.75, 3.05) is 20.6 Å². The molecule has 0 saturated carbocycles. The van der Waals surface area contributed by atoms with Crippen molar-refractivity contribution in [1.29, 1.82) is 0 Å². The topological polar surface area (TPSA) is 20.3 Å². The second kappa shape index (κ2) is 21.2. The maximum absolute atomic E-state index is 11.7. The zero-order valence-electron chi connectivity index (χ0n) is 18.4. The molecule has 0 atom stereocenters. The lowest BCUT2D eigenvalue weighted by atomic mass is 10.1. The minimum atomic E-state index is 0.444. The molecule has 156 valence electrons. The molecule has 0 aromatic carbocycles. The molecule has 2 heteroatoms. The highest BCUT2D eigenvalue weighted by Gasteiger charge is 2.02. The van der Waals surface area contributed by atoms with Gasteiger partial charge in [0.1, 0.15) is 5.78 Å². The van der Waals surface area contributed by atoms with E-state index < -0.39 is 0 Å². The lowest BCUT2D eigenvalue weighted by molar-refractivity contribution is -0.119. The number of unbranched alkanes of at least 4 members (excludes halogenated alkanes) is 7. The van der Waals surface area contributed by atoms with E-state index in [1.165, 1.54) is 51.4 Å². The zero-order valence-corrected chi connectivity index (χ0v) is 18.4. The Hall–Kier alpha value is -1.15. The van der Waals surface area contributed by atoms with Gasteiger partial charge in [0.2, 0.25) is 0 Å². The molecule has 0 aliphatic carbocycles. The second-order valence-corrected chi connectivity index (χ2v) is 7.78. The van der Waals surface area contributed by atoms with Crippen LogP contribution in [0.5, 0.6) is 0 Å². The molecule has 0 aliphatic rings. The first-order valence-electron chi connectivity index (χ1n) is 11.3. The molecule has 0 fully saturated rings. The van der Waals surface area contributed by atoms with Crippen LogP contribution < -0.4 is 0 Å². The van der Waals surface area contributed by atoms with Crippen LogP contribution in [0.2, 0.25) is 0 Å². The Balaban J connectivity index is 3.35. The van der Waals surface area contributed by atoms with Crippen LogP contribution in [0.25, 0.3) is 0 Å². The van der Waals surface area contributed by atoms with Gasteiger partial charge in [-0.3, -0.25) is 4.79 Å². The zero-order chi connectivity index (χ0) is 20.0. The number of carbonyl (C=O) groups excluding carboxylic acids is 1. The first kappa shape index (κ1) is 25.9. The van der Waals surface area contributed by atoms with Crippen molar-refractivity contribution < 1.29 is 4.79 Å². The predicted octanol–water partition coefficient (Wildman–Crippen LogP) is 7.27. The van der Waals surface area contributed by atoms with Gasteiger partial charge in [0.05, 0.1) is 0 Å². The molecule has 0 bridgehead atoms. The molecular formula is C25H45NO. The molecule has 0 aliphatic heterocycles. The fraction of sp³-hybridized carbons (Fsp3) is 0.720. The Morgan fingerprint density at radius 2 is 1.19 bits per heavy atom. The van der Waals surface area contributed by atoms with Gasteiger partial charge < -0.3 is 4.90 Å². The summed E-state index contributed by atoms with van der Waals surface area (Å²) in [5.74, 6) is 0.444. The Labute approximate surface area is 169 Å². The summed E-state index contributed by atoms with van der Waals surface area (Å²) in [6.45, 7) is 3.26. The molecule has 0 aromatic rings. The molecule has 27 heavy (non-hydrogen) atoms. The van der Waals surface area contributed by atoms with Gasteiger partial charge in [-0.1, -0.05) is 69.1 Å². The summed E-state index contributed by atoms with van der Waals surface area (Å²) >= 11 is 0. The van der Waals surface area contributed by atoms with Crippen LogP contribution in [0.3, 0.4) is 0 Å². The van der Waals surface area contributed by atoms with Gasteiger partial charge in [-0.15, -0.1) is 0 Å². The molecule has 0 spiro atoms. The lowest BCUT2D eigenvalue weighted by Crippen LogP contribution is -2.14. The van der Waals surface area contributed by atoms with Gasteiger partial charge >= 0.3 is 0 Å². The molecule has 0 radical (unpaired) electrons. The van der Waals surface area contributed by atoms with Gasteiger partial charge in [0, 0.05) is 12.8 Å². The summed E-state index contributed by atoms with van der Waals surface area (Å²) in [7, 11) is 4.12. The maximum atomic E-state index is 11.7. The average molecular weight is 376 g/mol. The third-order valence-corrected chi connectivity index (χ3v) is 4.66. The summed E-state index contributed by atoms with van der Waals surface area (Å²) in [6.07, 6.45) is 29.5.